The molecule has 2 aromatic rings. The Labute approximate surface area is 160 Å². The van der Waals surface area contributed by atoms with Crippen LogP contribution in [0.4, 0.5) is 5.69 Å². The highest BCUT2D eigenvalue weighted by atomic mass is 16.2. The van der Waals surface area contributed by atoms with Crippen LogP contribution in [0.3, 0.4) is 0 Å². The van der Waals surface area contributed by atoms with Crippen LogP contribution in [-0.2, 0) is 11.3 Å². The van der Waals surface area contributed by atoms with Gasteiger partial charge in [0.2, 0.25) is 5.91 Å². The predicted octanol–water partition coefficient (Wildman–Crippen LogP) is 4.38. The maximum Gasteiger partial charge on any atom is 0.253 e. The molecular weight excluding hydrogens is 336 g/mol. The van der Waals surface area contributed by atoms with E-state index in [4.69, 9.17) is 0 Å². The summed E-state index contributed by atoms with van der Waals surface area (Å²) < 4.78 is 0. The summed E-state index contributed by atoms with van der Waals surface area (Å²) in [6, 6.07) is 17.0. The van der Waals surface area contributed by atoms with Crippen LogP contribution in [0.2, 0.25) is 0 Å². The lowest BCUT2D eigenvalue weighted by atomic mass is 9.86. The molecule has 0 radical (unpaired) electrons. The summed E-state index contributed by atoms with van der Waals surface area (Å²) in [5.74, 6) is 1.93. The van der Waals surface area contributed by atoms with Gasteiger partial charge in [-0.25, -0.2) is 0 Å². The molecule has 2 aliphatic rings. The summed E-state index contributed by atoms with van der Waals surface area (Å²) in [5.41, 5.74) is 2.15. The van der Waals surface area contributed by atoms with E-state index in [2.05, 4.69) is 10.6 Å². The van der Waals surface area contributed by atoms with Gasteiger partial charge in [-0.3, -0.25) is 9.59 Å². The normalized spacial score (nSPS) is 23.2. The maximum atomic E-state index is 12.6. The second-order valence-corrected chi connectivity index (χ2v) is 7.90. The van der Waals surface area contributed by atoms with Gasteiger partial charge in [0.15, 0.2) is 0 Å². The van der Waals surface area contributed by atoms with E-state index in [9.17, 15) is 9.59 Å². The first-order valence-corrected chi connectivity index (χ1v) is 9.90. The Balaban J connectivity index is 1.37. The van der Waals surface area contributed by atoms with E-state index in [1.807, 2.05) is 42.5 Å². The highest BCUT2D eigenvalue weighted by Gasteiger charge is 2.40. The van der Waals surface area contributed by atoms with Crippen LogP contribution in [0.5, 0.6) is 0 Å². The van der Waals surface area contributed by atoms with Crippen molar-refractivity contribution in [3.8, 4) is 0 Å². The van der Waals surface area contributed by atoms with Gasteiger partial charge in [-0.1, -0.05) is 48.9 Å². The van der Waals surface area contributed by atoms with E-state index in [0.29, 0.717) is 30.1 Å². The summed E-state index contributed by atoms with van der Waals surface area (Å²) in [5, 5.41) is 5.91. The van der Waals surface area contributed by atoms with Gasteiger partial charge < -0.3 is 10.6 Å². The fraction of sp³-hybridized carbons (Fsp3) is 0.391. The smallest absolute Gasteiger partial charge is 0.253 e. The average Bonchev–Trinajstić information content (AvgIpc) is 3.30. The minimum Gasteiger partial charge on any atom is -0.348 e. The van der Waals surface area contributed by atoms with Crippen molar-refractivity contribution in [2.24, 2.45) is 17.8 Å². The lowest BCUT2D eigenvalue weighted by Crippen LogP contribution is -2.25. The van der Waals surface area contributed by atoms with Gasteiger partial charge in [-0.15, -0.1) is 0 Å². The van der Waals surface area contributed by atoms with E-state index in [1.165, 1.54) is 25.7 Å². The van der Waals surface area contributed by atoms with Crippen molar-refractivity contribution in [3.05, 3.63) is 65.7 Å². The lowest BCUT2D eigenvalue weighted by molar-refractivity contribution is -0.117. The molecule has 0 aromatic heterocycles. The Kier molecular flexibility index (Phi) is 5.23. The van der Waals surface area contributed by atoms with Gasteiger partial charge in [0, 0.05) is 13.0 Å². The Hall–Kier alpha value is -2.62. The molecule has 0 spiro atoms. The Morgan fingerprint density at radius 2 is 1.70 bits per heavy atom. The predicted molar refractivity (Wildman–Crippen MR) is 106 cm³/mol. The zero-order chi connectivity index (χ0) is 18.6. The Bertz CT molecular complexity index is 818. The highest BCUT2D eigenvalue weighted by molar-refractivity contribution is 6.03. The number of carbonyl (C=O) groups excluding carboxylic acids is 2. The molecule has 2 aliphatic carbocycles. The first kappa shape index (κ1) is 17.8. The molecule has 0 unspecified atom stereocenters. The molecule has 2 aromatic carbocycles. The fourth-order valence-corrected chi connectivity index (χ4v) is 4.73. The molecular formula is C23H26N2O2. The van der Waals surface area contributed by atoms with Gasteiger partial charge in [0.1, 0.15) is 0 Å². The van der Waals surface area contributed by atoms with Crippen LogP contribution in [-0.4, -0.2) is 11.8 Å². The molecule has 3 atom stereocenters. The average molecular weight is 362 g/mol. The third-order valence-corrected chi connectivity index (χ3v) is 6.07. The molecule has 0 heterocycles. The van der Waals surface area contributed by atoms with Crippen LogP contribution in [0.1, 0.15) is 48.0 Å². The number of para-hydroxylation sites is 1. The van der Waals surface area contributed by atoms with Crippen molar-refractivity contribution in [2.75, 3.05) is 5.32 Å². The number of amides is 2. The van der Waals surface area contributed by atoms with Crippen LogP contribution < -0.4 is 10.6 Å². The molecule has 2 saturated carbocycles. The van der Waals surface area contributed by atoms with E-state index >= 15 is 0 Å². The molecule has 2 N–H and O–H groups in total. The molecule has 4 rings (SSSR count). The largest absolute Gasteiger partial charge is 0.348 e. The minimum atomic E-state index is -0.172. The molecule has 4 nitrogen and oxygen atoms in total. The fourth-order valence-electron chi connectivity index (χ4n) is 4.73. The van der Waals surface area contributed by atoms with Crippen LogP contribution >= 0.6 is 0 Å². The molecule has 2 bridgehead atoms. The number of fused-ring (bicyclic) bond motifs is 2. The zero-order valence-electron chi connectivity index (χ0n) is 15.5. The Morgan fingerprint density at radius 3 is 2.44 bits per heavy atom. The SMILES string of the molecule is O=C(C[C@H]1C[C@H]2CC[C@H]1C2)Nc1ccccc1C(=O)NCc1ccccc1. The second kappa shape index (κ2) is 7.95. The Morgan fingerprint density at radius 1 is 0.926 bits per heavy atom. The van der Waals surface area contributed by atoms with Crippen molar-refractivity contribution in [2.45, 2.75) is 38.6 Å². The number of rotatable bonds is 6. The number of hydrogen-bond donors (Lipinski definition) is 2. The molecule has 27 heavy (non-hydrogen) atoms. The second-order valence-electron chi connectivity index (χ2n) is 7.90. The van der Waals surface area contributed by atoms with E-state index in [0.717, 1.165) is 17.4 Å². The molecule has 2 amide bonds. The van der Waals surface area contributed by atoms with E-state index < -0.39 is 0 Å². The third-order valence-electron chi connectivity index (χ3n) is 6.07. The molecule has 140 valence electrons. The minimum absolute atomic E-state index is 0.0239. The lowest BCUT2D eigenvalue weighted by Gasteiger charge is -2.21. The molecule has 2 fully saturated rings. The van der Waals surface area contributed by atoms with E-state index in [1.54, 1.807) is 12.1 Å². The summed E-state index contributed by atoms with van der Waals surface area (Å²) in [4.78, 5) is 25.2. The topological polar surface area (TPSA) is 58.2 Å². The van der Waals surface area contributed by atoms with Gasteiger partial charge in [0.25, 0.3) is 5.91 Å². The van der Waals surface area contributed by atoms with Crippen LogP contribution in [0, 0.1) is 17.8 Å². The van der Waals surface area contributed by atoms with Gasteiger partial charge in [-0.05, 0) is 54.7 Å². The molecule has 0 aliphatic heterocycles. The molecule has 0 saturated heterocycles. The van der Waals surface area contributed by atoms with Crippen LogP contribution in [0.25, 0.3) is 0 Å². The van der Waals surface area contributed by atoms with Crippen molar-refractivity contribution < 1.29 is 9.59 Å². The first-order chi connectivity index (χ1) is 13.2. The zero-order valence-corrected chi connectivity index (χ0v) is 15.5. The standard InChI is InChI=1S/C23H26N2O2/c26-22(14-19-13-17-10-11-18(19)12-17)25-21-9-5-4-8-20(21)23(27)24-15-16-6-2-1-3-7-16/h1-9,17-19H,10-15H2,(H,24,27)(H,25,26)/t17-,18-,19+/m0/s1. The molecule has 4 heteroatoms. The summed E-state index contributed by atoms with van der Waals surface area (Å²) in [6.45, 7) is 0.465. The van der Waals surface area contributed by atoms with Gasteiger partial charge >= 0.3 is 0 Å². The van der Waals surface area contributed by atoms with Crippen LogP contribution in [0.15, 0.2) is 54.6 Å². The monoisotopic (exact) mass is 362 g/mol. The number of carbonyl (C=O) groups is 2. The number of anilines is 1. The summed E-state index contributed by atoms with van der Waals surface area (Å²) in [7, 11) is 0. The number of benzene rings is 2. The van der Waals surface area contributed by atoms with Crippen molar-refractivity contribution in [3.63, 3.8) is 0 Å². The third kappa shape index (κ3) is 4.21. The van der Waals surface area contributed by atoms with Crippen molar-refractivity contribution in [1.29, 1.82) is 0 Å². The maximum absolute atomic E-state index is 12.6. The summed E-state index contributed by atoms with van der Waals surface area (Å²) >= 11 is 0. The van der Waals surface area contributed by atoms with E-state index in [-0.39, 0.29) is 11.8 Å². The summed E-state index contributed by atoms with van der Waals surface area (Å²) in [6.07, 6.45) is 5.68. The number of hydrogen-bond acceptors (Lipinski definition) is 2. The highest BCUT2D eigenvalue weighted by Crippen LogP contribution is 2.49. The van der Waals surface area contributed by atoms with Crippen molar-refractivity contribution >= 4 is 17.5 Å². The van der Waals surface area contributed by atoms with Crippen molar-refractivity contribution in [1.82, 2.24) is 5.32 Å². The van der Waals surface area contributed by atoms with Gasteiger partial charge in [-0.2, -0.15) is 0 Å². The first-order valence-electron chi connectivity index (χ1n) is 9.90. The number of nitrogens with one attached hydrogen (secondary N) is 2. The quantitative estimate of drug-likeness (QED) is 0.801. The van der Waals surface area contributed by atoms with Gasteiger partial charge in [0.05, 0.1) is 11.3 Å².